The van der Waals surface area contributed by atoms with E-state index in [1.165, 1.54) is 83.5 Å². The molecule has 0 saturated heterocycles. The Morgan fingerprint density at radius 2 is 1.39 bits per heavy atom. The second kappa shape index (κ2) is 18.5. The molecule has 1 aromatic carbocycles. The average molecular weight is 497 g/mol. The van der Waals surface area contributed by atoms with Gasteiger partial charge in [0, 0.05) is 11.0 Å². The second-order valence-corrected chi connectivity index (χ2v) is 9.99. The quantitative estimate of drug-likeness (QED) is 0.195. The van der Waals surface area contributed by atoms with Crippen LogP contribution >= 0.6 is 15.9 Å². The monoisotopic (exact) mass is 495 g/mol. The standard InChI is InChI=1S/C27H46BrNO2/c1-4-5-6-7-8-9-10-11-12-13-14-15-16-17-20-29-27(30)22-31-26-19-18-24(28)21-25(26)23(2)3/h18-19,21,23H,4-17,20,22H2,1-3H3,(H,29,30). The summed E-state index contributed by atoms with van der Waals surface area (Å²) in [5.74, 6) is 1.11. The van der Waals surface area contributed by atoms with E-state index >= 15 is 0 Å². The first-order valence-corrected chi connectivity index (χ1v) is 13.5. The molecular formula is C27H46BrNO2. The van der Waals surface area contributed by atoms with Gasteiger partial charge in [-0.25, -0.2) is 0 Å². The van der Waals surface area contributed by atoms with Crippen LogP contribution in [0.5, 0.6) is 5.75 Å². The summed E-state index contributed by atoms with van der Waals surface area (Å²) in [6.45, 7) is 7.37. The first kappa shape index (κ1) is 28.0. The van der Waals surface area contributed by atoms with E-state index in [1.54, 1.807) is 0 Å². The zero-order valence-corrected chi connectivity index (χ0v) is 21.9. The Morgan fingerprint density at radius 3 is 1.90 bits per heavy atom. The van der Waals surface area contributed by atoms with Crippen LogP contribution < -0.4 is 10.1 Å². The van der Waals surface area contributed by atoms with Crippen LogP contribution in [0, 0.1) is 0 Å². The van der Waals surface area contributed by atoms with Gasteiger partial charge in [-0.2, -0.15) is 0 Å². The number of hydrogen-bond donors (Lipinski definition) is 1. The van der Waals surface area contributed by atoms with Gasteiger partial charge in [0.2, 0.25) is 0 Å². The largest absolute Gasteiger partial charge is 0.483 e. The number of ether oxygens (including phenoxy) is 1. The van der Waals surface area contributed by atoms with Gasteiger partial charge in [-0.15, -0.1) is 0 Å². The number of carbonyl (C=O) groups excluding carboxylic acids is 1. The molecule has 0 aliphatic rings. The van der Waals surface area contributed by atoms with Crippen LogP contribution in [0.15, 0.2) is 22.7 Å². The lowest BCUT2D eigenvalue weighted by Crippen LogP contribution is -2.29. The molecule has 0 radical (unpaired) electrons. The van der Waals surface area contributed by atoms with Crippen LogP contribution in [0.4, 0.5) is 0 Å². The highest BCUT2D eigenvalue weighted by molar-refractivity contribution is 9.10. The number of nitrogens with one attached hydrogen (secondary N) is 1. The van der Waals surface area contributed by atoms with Gasteiger partial charge in [0.05, 0.1) is 0 Å². The summed E-state index contributed by atoms with van der Waals surface area (Å²) >= 11 is 3.50. The Morgan fingerprint density at radius 1 is 0.871 bits per heavy atom. The molecule has 31 heavy (non-hydrogen) atoms. The van der Waals surface area contributed by atoms with E-state index in [-0.39, 0.29) is 12.5 Å². The summed E-state index contributed by atoms with van der Waals surface area (Å²) in [5, 5.41) is 2.98. The van der Waals surface area contributed by atoms with E-state index in [0.717, 1.165) is 28.8 Å². The molecule has 0 fully saturated rings. The van der Waals surface area contributed by atoms with Gasteiger partial charge < -0.3 is 10.1 Å². The van der Waals surface area contributed by atoms with E-state index in [4.69, 9.17) is 4.74 Å². The third-order valence-corrected chi connectivity index (χ3v) is 6.30. The number of benzene rings is 1. The molecule has 0 heterocycles. The van der Waals surface area contributed by atoms with Crippen molar-refractivity contribution in [3.8, 4) is 5.75 Å². The fraction of sp³-hybridized carbons (Fsp3) is 0.741. The molecule has 1 N–H and O–H groups in total. The molecule has 4 heteroatoms. The predicted octanol–water partition coefficient (Wildman–Crippen LogP) is 8.55. The van der Waals surface area contributed by atoms with Gasteiger partial charge in [-0.05, 0) is 36.1 Å². The Bertz CT molecular complexity index is 589. The van der Waals surface area contributed by atoms with Crippen molar-refractivity contribution in [2.45, 2.75) is 117 Å². The van der Waals surface area contributed by atoms with Crippen molar-refractivity contribution >= 4 is 21.8 Å². The van der Waals surface area contributed by atoms with Gasteiger partial charge in [0.15, 0.2) is 6.61 Å². The van der Waals surface area contributed by atoms with Crippen molar-refractivity contribution < 1.29 is 9.53 Å². The molecule has 0 aliphatic heterocycles. The topological polar surface area (TPSA) is 38.3 Å². The Labute approximate surface area is 200 Å². The van der Waals surface area contributed by atoms with Crippen molar-refractivity contribution in [3.05, 3.63) is 28.2 Å². The zero-order chi connectivity index (χ0) is 22.7. The molecule has 1 rings (SSSR count). The average Bonchev–Trinajstić information content (AvgIpc) is 2.75. The van der Waals surface area contributed by atoms with Crippen LogP contribution in [0.1, 0.15) is 122 Å². The highest BCUT2D eigenvalue weighted by Crippen LogP contribution is 2.29. The van der Waals surface area contributed by atoms with Gasteiger partial charge in [0.25, 0.3) is 5.91 Å². The molecule has 0 spiro atoms. The fourth-order valence-electron chi connectivity index (χ4n) is 3.84. The minimum absolute atomic E-state index is 0.0349. The van der Waals surface area contributed by atoms with Crippen molar-refractivity contribution in [1.29, 1.82) is 0 Å². The number of carbonyl (C=O) groups is 1. The molecule has 0 aliphatic carbocycles. The predicted molar refractivity (Wildman–Crippen MR) is 137 cm³/mol. The number of amides is 1. The maximum absolute atomic E-state index is 12.1. The molecule has 1 amide bonds. The first-order valence-electron chi connectivity index (χ1n) is 12.7. The summed E-state index contributed by atoms with van der Waals surface area (Å²) in [5.41, 5.74) is 1.12. The molecule has 178 valence electrons. The van der Waals surface area contributed by atoms with Crippen molar-refractivity contribution in [3.63, 3.8) is 0 Å². The molecule has 0 unspecified atom stereocenters. The van der Waals surface area contributed by atoms with Crippen LogP contribution in [0.25, 0.3) is 0 Å². The number of rotatable bonds is 19. The van der Waals surface area contributed by atoms with Gasteiger partial charge in [0.1, 0.15) is 5.75 Å². The minimum atomic E-state index is -0.0349. The number of hydrogen-bond acceptors (Lipinski definition) is 2. The second-order valence-electron chi connectivity index (χ2n) is 9.07. The summed E-state index contributed by atoms with van der Waals surface area (Å²) < 4.78 is 6.79. The summed E-state index contributed by atoms with van der Waals surface area (Å²) in [4.78, 5) is 12.1. The molecule has 0 saturated carbocycles. The molecule has 3 nitrogen and oxygen atoms in total. The number of halogens is 1. The Balaban J connectivity index is 1.94. The maximum Gasteiger partial charge on any atom is 0.257 e. The minimum Gasteiger partial charge on any atom is -0.483 e. The first-order chi connectivity index (χ1) is 15.0. The molecule has 0 atom stereocenters. The lowest BCUT2D eigenvalue weighted by atomic mass is 10.0. The van der Waals surface area contributed by atoms with E-state index in [0.29, 0.717) is 5.92 Å². The molecule has 1 aromatic rings. The van der Waals surface area contributed by atoms with Crippen LogP contribution in [0.2, 0.25) is 0 Å². The fourth-order valence-corrected chi connectivity index (χ4v) is 4.22. The Kier molecular flexibility index (Phi) is 16.7. The normalized spacial score (nSPS) is 11.1. The highest BCUT2D eigenvalue weighted by Gasteiger charge is 2.10. The summed E-state index contributed by atoms with van der Waals surface area (Å²) in [6.07, 6.45) is 18.9. The van der Waals surface area contributed by atoms with E-state index in [1.807, 2.05) is 12.1 Å². The number of unbranched alkanes of at least 4 members (excludes halogenated alkanes) is 13. The van der Waals surface area contributed by atoms with E-state index in [9.17, 15) is 4.79 Å². The van der Waals surface area contributed by atoms with Crippen LogP contribution in [-0.4, -0.2) is 19.1 Å². The highest BCUT2D eigenvalue weighted by atomic mass is 79.9. The van der Waals surface area contributed by atoms with Crippen molar-refractivity contribution in [2.75, 3.05) is 13.2 Å². The molecule has 0 aromatic heterocycles. The van der Waals surface area contributed by atoms with Gasteiger partial charge in [-0.3, -0.25) is 4.79 Å². The Hall–Kier alpha value is -1.03. The van der Waals surface area contributed by atoms with Gasteiger partial charge in [-0.1, -0.05) is 120 Å². The van der Waals surface area contributed by atoms with Crippen LogP contribution in [0.3, 0.4) is 0 Å². The lowest BCUT2D eigenvalue weighted by molar-refractivity contribution is -0.123. The van der Waals surface area contributed by atoms with Gasteiger partial charge >= 0.3 is 0 Å². The summed E-state index contributed by atoms with van der Waals surface area (Å²) in [6, 6.07) is 5.95. The maximum atomic E-state index is 12.1. The van der Waals surface area contributed by atoms with Crippen molar-refractivity contribution in [2.24, 2.45) is 0 Å². The SMILES string of the molecule is CCCCCCCCCCCCCCCCNC(=O)COc1ccc(Br)cc1C(C)C. The van der Waals surface area contributed by atoms with Crippen LogP contribution in [-0.2, 0) is 4.79 Å². The third kappa shape index (κ3) is 14.6. The third-order valence-electron chi connectivity index (χ3n) is 5.81. The molecular weight excluding hydrogens is 450 g/mol. The lowest BCUT2D eigenvalue weighted by Gasteiger charge is -2.14. The smallest absolute Gasteiger partial charge is 0.257 e. The summed E-state index contributed by atoms with van der Waals surface area (Å²) in [7, 11) is 0. The van der Waals surface area contributed by atoms with E-state index in [2.05, 4.69) is 48.1 Å². The van der Waals surface area contributed by atoms with E-state index < -0.39 is 0 Å². The van der Waals surface area contributed by atoms with Crippen molar-refractivity contribution in [1.82, 2.24) is 5.32 Å². The zero-order valence-electron chi connectivity index (χ0n) is 20.3. The molecule has 0 bridgehead atoms.